The monoisotopic (exact) mass is 425 g/mol. The van der Waals surface area contributed by atoms with Gasteiger partial charge in [-0.3, -0.25) is 4.57 Å². The SMILES string of the molecule is COC(=O)C1=C(C)Nc2nc3cc(C)c(C)cc3n2[C@H]1c1cccc(Br)c1. The van der Waals surface area contributed by atoms with Crippen molar-refractivity contribution >= 4 is 38.9 Å². The molecule has 1 aliphatic rings. The molecule has 0 bridgehead atoms. The topological polar surface area (TPSA) is 56.1 Å². The summed E-state index contributed by atoms with van der Waals surface area (Å²) in [4.78, 5) is 17.4. The first-order chi connectivity index (χ1) is 12.9. The molecule has 4 rings (SSSR count). The number of aryl methyl sites for hydroxylation is 2. The Bertz CT molecular complexity index is 1110. The number of carbonyl (C=O) groups excluding carboxylic acids is 1. The number of hydrogen-bond acceptors (Lipinski definition) is 4. The lowest BCUT2D eigenvalue weighted by Gasteiger charge is -2.30. The van der Waals surface area contributed by atoms with Gasteiger partial charge >= 0.3 is 5.97 Å². The van der Waals surface area contributed by atoms with Gasteiger partial charge < -0.3 is 10.1 Å². The molecule has 2 heterocycles. The number of ether oxygens (including phenoxy) is 1. The number of rotatable bonds is 2. The Kier molecular flexibility index (Phi) is 4.30. The van der Waals surface area contributed by atoms with Crippen molar-refractivity contribution in [2.24, 2.45) is 0 Å². The van der Waals surface area contributed by atoms with E-state index in [2.05, 4.69) is 51.8 Å². The molecule has 0 unspecified atom stereocenters. The van der Waals surface area contributed by atoms with Gasteiger partial charge in [0.15, 0.2) is 0 Å². The van der Waals surface area contributed by atoms with E-state index in [9.17, 15) is 4.79 Å². The standard InChI is InChI=1S/C21H20BrN3O2/c1-11-8-16-17(9-12(11)2)25-19(14-6-5-7-15(22)10-14)18(20(26)27-4)13(3)23-21(25)24-16/h5-10,19H,1-4H3,(H,23,24)/t19-/m0/s1. The van der Waals surface area contributed by atoms with Crippen LogP contribution in [-0.4, -0.2) is 22.6 Å². The second-order valence-corrected chi connectivity index (χ2v) is 7.76. The van der Waals surface area contributed by atoms with Crippen LogP contribution in [0.3, 0.4) is 0 Å². The van der Waals surface area contributed by atoms with E-state index < -0.39 is 0 Å². The lowest BCUT2D eigenvalue weighted by molar-refractivity contribution is -0.136. The van der Waals surface area contributed by atoms with Crippen molar-refractivity contribution in [3.05, 3.63) is 68.8 Å². The van der Waals surface area contributed by atoms with Crippen LogP contribution < -0.4 is 5.32 Å². The molecule has 0 aliphatic carbocycles. The summed E-state index contributed by atoms with van der Waals surface area (Å²) in [6.07, 6.45) is 0. The van der Waals surface area contributed by atoms with Crippen LogP contribution in [0.5, 0.6) is 0 Å². The minimum Gasteiger partial charge on any atom is -0.466 e. The van der Waals surface area contributed by atoms with Gasteiger partial charge in [-0.05, 0) is 61.7 Å². The fraction of sp³-hybridized carbons (Fsp3) is 0.238. The number of esters is 1. The number of carbonyl (C=O) groups is 1. The molecule has 0 saturated carbocycles. The van der Waals surface area contributed by atoms with Crippen molar-refractivity contribution < 1.29 is 9.53 Å². The Morgan fingerprint density at radius 1 is 1.19 bits per heavy atom. The van der Waals surface area contributed by atoms with E-state index in [0.717, 1.165) is 32.7 Å². The number of halogens is 1. The molecule has 1 aromatic heterocycles. The zero-order valence-corrected chi connectivity index (χ0v) is 17.2. The molecular weight excluding hydrogens is 406 g/mol. The van der Waals surface area contributed by atoms with Gasteiger partial charge in [0.25, 0.3) is 0 Å². The zero-order valence-electron chi connectivity index (χ0n) is 15.6. The van der Waals surface area contributed by atoms with E-state index in [1.165, 1.54) is 18.2 Å². The maximum Gasteiger partial charge on any atom is 0.337 e. The summed E-state index contributed by atoms with van der Waals surface area (Å²) in [5, 5.41) is 3.29. The third-order valence-corrected chi connectivity index (χ3v) is 5.60. The van der Waals surface area contributed by atoms with E-state index in [-0.39, 0.29) is 12.0 Å². The van der Waals surface area contributed by atoms with Gasteiger partial charge in [0, 0.05) is 10.2 Å². The van der Waals surface area contributed by atoms with Crippen molar-refractivity contribution in [2.75, 3.05) is 12.4 Å². The number of nitrogens with one attached hydrogen (secondary N) is 1. The van der Waals surface area contributed by atoms with Gasteiger partial charge in [0.05, 0.1) is 29.8 Å². The second-order valence-electron chi connectivity index (χ2n) is 6.84. The number of hydrogen-bond donors (Lipinski definition) is 1. The van der Waals surface area contributed by atoms with Crippen LogP contribution in [0.4, 0.5) is 5.95 Å². The number of methoxy groups -OCH3 is 1. The minimum atomic E-state index is -0.346. The highest BCUT2D eigenvalue weighted by molar-refractivity contribution is 9.10. The van der Waals surface area contributed by atoms with E-state index in [0.29, 0.717) is 5.57 Å². The average molecular weight is 426 g/mol. The molecule has 1 N–H and O–H groups in total. The van der Waals surface area contributed by atoms with Gasteiger partial charge in [-0.15, -0.1) is 0 Å². The van der Waals surface area contributed by atoms with E-state index >= 15 is 0 Å². The molecule has 138 valence electrons. The first kappa shape index (κ1) is 17.8. The molecule has 0 amide bonds. The molecule has 5 nitrogen and oxygen atoms in total. The number of nitrogens with zero attached hydrogens (tertiary/aromatic N) is 2. The molecule has 0 fully saturated rings. The Labute approximate surface area is 166 Å². The number of anilines is 1. The van der Waals surface area contributed by atoms with Gasteiger partial charge in [-0.1, -0.05) is 28.1 Å². The predicted molar refractivity (Wildman–Crippen MR) is 110 cm³/mol. The van der Waals surface area contributed by atoms with Crippen molar-refractivity contribution in [3.8, 4) is 0 Å². The number of allylic oxidation sites excluding steroid dienone is 1. The Hall–Kier alpha value is -2.60. The summed E-state index contributed by atoms with van der Waals surface area (Å²) >= 11 is 3.55. The highest BCUT2D eigenvalue weighted by Crippen LogP contribution is 2.40. The third kappa shape index (κ3) is 2.84. The predicted octanol–water partition coefficient (Wildman–Crippen LogP) is 4.88. The Morgan fingerprint density at radius 3 is 2.63 bits per heavy atom. The quantitative estimate of drug-likeness (QED) is 0.594. The summed E-state index contributed by atoms with van der Waals surface area (Å²) < 4.78 is 8.15. The molecular formula is C21H20BrN3O2. The fourth-order valence-corrected chi connectivity index (χ4v) is 4.05. The zero-order chi connectivity index (χ0) is 19.3. The molecule has 1 atom stereocenters. The Morgan fingerprint density at radius 2 is 1.93 bits per heavy atom. The summed E-state index contributed by atoms with van der Waals surface area (Å²) in [6, 6.07) is 11.9. The van der Waals surface area contributed by atoms with E-state index in [1.807, 2.05) is 31.2 Å². The van der Waals surface area contributed by atoms with Crippen molar-refractivity contribution in [1.82, 2.24) is 9.55 Å². The highest BCUT2D eigenvalue weighted by Gasteiger charge is 2.34. The number of aromatic nitrogens is 2. The third-order valence-electron chi connectivity index (χ3n) is 5.11. The van der Waals surface area contributed by atoms with Crippen LogP contribution in [0.2, 0.25) is 0 Å². The molecule has 0 saturated heterocycles. The first-order valence-corrected chi connectivity index (χ1v) is 9.50. The van der Waals surface area contributed by atoms with Gasteiger partial charge in [0.2, 0.25) is 5.95 Å². The van der Waals surface area contributed by atoms with Crippen molar-refractivity contribution in [3.63, 3.8) is 0 Å². The smallest absolute Gasteiger partial charge is 0.337 e. The summed E-state index contributed by atoms with van der Waals surface area (Å²) in [7, 11) is 1.41. The van der Waals surface area contributed by atoms with Crippen LogP contribution in [0.1, 0.15) is 29.7 Å². The first-order valence-electron chi connectivity index (χ1n) is 8.71. The average Bonchev–Trinajstić information content (AvgIpc) is 2.97. The normalized spacial score (nSPS) is 16.3. The highest BCUT2D eigenvalue weighted by atomic mass is 79.9. The van der Waals surface area contributed by atoms with Crippen LogP contribution in [0.15, 0.2) is 52.1 Å². The molecule has 2 aromatic carbocycles. The van der Waals surface area contributed by atoms with Crippen LogP contribution >= 0.6 is 15.9 Å². The maximum atomic E-state index is 12.7. The van der Waals surface area contributed by atoms with Gasteiger partial charge in [-0.25, -0.2) is 9.78 Å². The molecule has 3 aromatic rings. The van der Waals surface area contributed by atoms with Crippen LogP contribution in [0, 0.1) is 13.8 Å². The lowest BCUT2D eigenvalue weighted by Crippen LogP contribution is -2.28. The second kappa shape index (κ2) is 6.53. The molecule has 6 heteroatoms. The lowest BCUT2D eigenvalue weighted by atomic mass is 9.95. The van der Waals surface area contributed by atoms with E-state index in [4.69, 9.17) is 9.72 Å². The van der Waals surface area contributed by atoms with Crippen molar-refractivity contribution in [2.45, 2.75) is 26.8 Å². The maximum absolute atomic E-state index is 12.7. The molecule has 0 radical (unpaired) electrons. The Balaban J connectivity index is 2.05. The molecule has 1 aliphatic heterocycles. The van der Waals surface area contributed by atoms with Gasteiger partial charge in [-0.2, -0.15) is 0 Å². The summed E-state index contributed by atoms with van der Waals surface area (Å²) in [5.74, 6) is 0.381. The minimum absolute atomic E-state index is 0.321. The number of fused-ring (bicyclic) bond motifs is 3. The largest absolute Gasteiger partial charge is 0.466 e. The van der Waals surface area contributed by atoms with Crippen LogP contribution in [0.25, 0.3) is 11.0 Å². The van der Waals surface area contributed by atoms with Gasteiger partial charge in [0.1, 0.15) is 0 Å². The molecule has 0 spiro atoms. The summed E-state index contributed by atoms with van der Waals surface area (Å²) in [5.41, 5.74) is 6.59. The number of imidazole rings is 1. The molecule has 27 heavy (non-hydrogen) atoms. The van der Waals surface area contributed by atoms with E-state index in [1.54, 1.807) is 0 Å². The number of benzene rings is 2. The fourth-order valence-electron chi connectivity index (χ4n) is 3.64. The summed E-state index contributed by atoms with van der Waals surface area (Å²) in [6.45, 7) is 6.05. The van der Waals surface area contributed by atoms with Crippen molar-refractivity contribution in [1.29, 1.82) is 0 Å². The van der Waals surface area contributed by atoms with Crippen LogP contribution in [-0.2, 0) is 9.53 Å².